The molecule has 0 fully saturated rings. The van der Waals surface area contributed by atoms with Crippen molar-refractivity contribution in [2.45, 2.75) is 6.61 Å². The van der Waals surface area contributed by atoms with E-state index in [0.29, 0.717) is 16.3 Å². The molecule has 5 nitrogen and oxygen atoms in total. The molecule has 0 aromatic heterocycles. The van der Waals surface area contributed by atoms with Gasteiger partial charge in [-0.3, -0.25) is 4.79 Å². The Morgan fingerprint density at radius 2 is 1.88 bits per heavy atom. The van der Waals surface area contributed by atoms with Crippen LogP contribution >= 0.6 is 11.6 Å². The first-order chi connectivity index (χ1) is 16.1. The maximum Gasteiger partial charge on any atom is 0.274 e. The van der Waals surface area contributed by atoms with Crippen molar-refractivity contribution in [2.24, 2.45) is 5.10 Å². The van der Waals surface area contributed by atoms with Crippen molar-refractivity contribution in [3.8, 4) is 11.8 Å². The number of fused-ring (bicyclic) bond motifs is 1. The van der Waals surface area contributed by atoms with E-state index in [0.717, 1.165) is 22.4 Å². The van der Waals surface area contributed by atoms with Crippen molar-refractivity contribution in [1.29, 1.82) is 5.26 Å². The summed E-state index contributed by atoms with van der Waals surface area (Å²) in [4.78, 5) is 12.4. The second-order valence-electron chi connectivity index (χ2n) is 7.08. The lowest BCUT2D eigenvalue weighted by atomic mass is 10.0. The molecule has 0 aliphatic heterocycles. The Balaban J connectivity index is 1.59. The van der Waals surface area contributed by atoms with E-state index >= 15 is 0 Å². The van der Waals surface area contributed by atoms with Crippen LogP contribution in [0.2, 0.25) is 5.02 Å². The van der Waals surface area contributed by atoms with Gasteiger partial charge in [0.05, 0.1) is 23.4 Å². The standard InChI is InChI=1S/C26H17ClFN3O2/c27-23-8-4-2-6-19(23)16-33-25-12-10-18-5-1-3-7-20(18)22(25)15-30-31-26(32)21-11-9-17(14-29)13-24(21)28/h1-13,15H,16H2,(H,31,32)/b30-15+. The predicted molar refractivity (Wildman–Crippen MR) is 126 cm³/mol. The predicted octanol–water partition coefficient (Wildman–Crippen LogP) is 5.85. The number of hydrogen-bond acceptors (Lipinski definition) is 4. The van der Waals surface area contributed by atoms with E-state index in [1.165, 1.54) is 18.3 Å². The smallest absolute Gasteiger partial charge is 0.274 e. The molecule has 0 saturated heterocycles. The summed E-state index contributed by atoms with van der Waals surface area (Å²) < 4.78 is 20.1. The molecule has 1 N–H and O–H groups in total. The minimum absolute atomic E-state index is 0.128. The normalized spacial score (nSPS) is 10.8. The van der Waals surface area contributed by atoms with Crippen LogP contribution in [0.3, 0.4) is 0 Å². The molecule has 0 aliphatic carbocycles. The molecule has 0 saturated carbocycles. The summed E-state index contributed by atoms with van der Waals surface area (Å²) in [6.07, 6.45) is 1.46. The maximum atomic E-state index is 14.1. The first-order valence-corrected chi connectivity index (χ1v) is 10.4. The van der Waals surface area contributed by atoms with Gasteiger partial charge in [0.2, 0.25) is 0 Å². The fourth-order valence-corrected chi connectivity index (χ4v) is 3.48. The van der Waals surface area contributed by atoms with Crippen LogP contribution in [0.25, 0.3) is 10.8 Å². The third-order valence-corrected chi connectivity index (χ3v) is 5.34. The zero-order chi connectivity index (χ0) is 23.2. The van der Waals surface area contributed by atoms with E-state index in [1.807, 2.05) is 60.7 Å². The molecule has 0 heterocycles. The van der Waals surface area contributed by atoms with Crippen molar-refractivity contribution in [3.05, 3.63) is 112 Å². The van der Waals surface area contributed by atoms with Crippen molar-refractivity contribution >= 4 is 34.5 Å². The summed E-state index contributed by atoms with van der Waals surface area (Å²) >= 11 is 6.23. The molecule has 4 aromatic carbocycles. The summed E-state index contributed by atoms with van der Waals surface area (Å²) in [6.45, 7) is 0.252. The lowest BCUT2D eigenvalue weighted by Crippen LogP contribution is -2.19. The number of amides is 1. The number of carbonyl (C=O) groups excluding carboxylic acids is 1. The van der Waals surface area contributed by atoms with E-state index in [2.05, 4.69) is 10.5 Å². The SMILES string of the molecule is N#Cc1ccc(C(=O)N/N=C/c2c(OCc3ccccc3Cl)ccc3ccccc23)c(F)c1. The molecule has 0 atom stereocenters. The molecule has 0 unspecified atom stereocenters. The zero-order valence-electron chi connectivity index (χ0n) is 17.3. The highest BCUT2D eigenvalue weighted by Crippen LogP contribution is 2.28. The van der Waals surface area contributed by atoms with Gasteiger partial charge in [-0.15, -0.1) is 0 Å². The maximum absolute atomic E-state index is 14.1. The van der Waals surface area contributed by atoms with Crippen LogP contribution < -0.4 is 10.2 Å². The van der Waals surface area contributed by atoms with E-state index in [4.69, 9.17) is 21.6 Å². The number of hydrazone groups is 1. The van der Waals surface area contributed by atoms with Crippen LogP contribution in [0, 0.1) is 17.1 Å². The minimum atomic E-state index is -0.796. The van der Waals surface area contributed by atoms with Gasteiger partial charge in [0.1, 0.15) is 18.2 Å². The van der Waals surface area contributed by atoms with Gasteiger partial charge in [0.15, 0.2) is 0 Å². The average molecular weight is 458 g/mol. The third-order valence-electron chi connectivity index (χ3n) is 4.97. The van der Waals surface area contributed by atoms with E-state index in [-0.39, 0.29) is 17.7 Å². The second-order valence-corrected chi connectivity index (χ2v) is 7.49. The Morgan fingerprint density at radius 3 is 2.67 bits per heavy atom. The first-order valence-electron chi connectivity index (χ1n) is 9.98. The Morgan fingerprint density at radius 1 is 1.09 bits per heavy atom. The minimum Gasteiger partial charge on any atom is -0.488 e. The number of rotatable bonds is 6. The van der Waals surface area contributed by atoms with Gasteiger partial charge in [-0.25, -0.2) is 9.82 Å². The Kier molecular flexibility index (Phi) is 6.63. The van der Waals surface area contributed by atoms with Crippen LogP contribution in [0.1, 0.15) is 27.0 Å². The topological polar surface area (TPSA) is 74.5 Å². The molecule has 0 bridgehead atoms. The molecule has 4 aromatic rings. The highest BCUT2D eigenvalue weighted by atomic mass is 35.5. The van der Waals surface area contributed by atoms with Gasteiger partial charge in [-0.1, -0.05) is 60.1 Å². The van der Waals surface area contributed by atoms with Gasteiger partial charge >= 0.3 is 0 Å². The number of carbonyl (C=O) groups is 1. The van der Waals surface area contributed by atoms with E-state index in [1.54, 1.807) is 6.07 Å². The molecule has 0 radical (unpaired) electrons. The average Bonchev–Trinajstić information content (AvgIpc) is 2.84. The Hall–Kier alpha value is -4.21. The van der Waals surface area contributed by atoms with Crippen LogP contribution in [-0.2, 0) is 6.61 Å². The number of benzene rings is 4. The number of nitriles is 1. The summed E-state index contributed by atoms with van der Waals surface area (Å²) in [5.41, 5.74) is 3.74. The molecule has 0 aliphatic rings. The van der Waals surface area contributed by atoms with Gasteiger partial charge in [0, 0.05) is 16.1 Å². The van der Waals surface area contributed by atoms with Gasteiger partial charge in [-0.2, -0.15) is 10.4 Å². The lowest BCUT2D eigenvalue weighted by molar-refractivity contribution is 0.0951. The van der Waals surface area contributed by atoms with Crippen molar-refractivity contribution in [3.63, 3.8) is 0 Å². The second kappa shape index (κ2) is 9.94. The highest BCUT2D eigenvalue weighted by molar-refractivity contribution is 6.31. The Bertz CT molecular complexity index is 1410. The zero-order valence-corrected chi connectivity index (χ0v) is 18.0. The van der Waals surface area contributed by atoms with E-state index < -0.39 is 11.7 Å². The van der Waals surface area contributed by atoms with Crippen LogP contribution in [0.4, 0.5) is 4.39 Å². The van der Waals surface area contributed by atoms with Gasteiger partial charge in [0.25, 0.3) is 5.91 Å². The summed E-state index contributed by atoms with van der Waals surface area (Å²) in [5.74, 6) is -0.973. The number of nitrogens with zero attached hydrogens (tertiary/aromatic N) is 2. The first kappa shape index (κ1) is 22.0. The van der Waals surface area contributed by atoms with E-state index in [9.17, 15) is 9.18 Å². The van der Waals surface area contributed by atoms with Crippen LogP contribution in [0.5, 0.6) is 5.75 Å². The van der Waals surface area contributed by atoms with Crippen molar-refractivity contribution in [2.75, 3.05) is 0 Å². The van der Waals surface area contributed by atoms with Crippen molar-refractivity contribution < 1.29 is 13.9 Å². The quantitative estimate of drug-likeness (QED) is 0.291. The number of ether oxygens (including phenoxy) is 1. The molecule has 7 heteroatoms. The molecule has 0 spiro atoms. The Labute approximate surface area is 194 Å². The summed E-state index contributed by atoms with van der Waals surface area (Å²) in [7, 11) is 0. The molecule has 33 heavy (non-hydrogen) atoms. The van der Waals surface area contributed by atoms with Gasteiger partial charge in [-0.05, 0) is 41.1 Å². The van der Waals surface area contributed by atoms with Crippen LogP contribution in [-0.4, -0.2) is 12.1 Å². The largest absolute Gasteiger partial charge is 0.488 e. The molecule has 1 amide bonds. The number of nitrogens with one attached hydrogen (secondary N) is 1. The fourth-order valence-electron chi connectivity index (χ4n) is 3.29. The lowest BCUT2D eigenvalue weighted by Gasteiger charge is -2.12. The molecular formula is C26H17ClFN3O2. The number of halogens is 2. The monoisotopic (exact) mass is 457 g/mol. The summed E-state index contributed by atoms with van der Waals surface area (Å²) in [6, 6.07) is 24.3. The molecule has 4 rings (SSSR count). The third kappa shape index (κ3) is 5.00. The van der Waals surface area contributed by atoms with Crippen LogP contribution in [0.15, 0.2) is 84.0 Å². The fraction of sp³-hybridized carbons (Fsp3) is 0.0385. The molecule has 162 valence electrons. The van der Waals surface area contributed by atoms with Gasteiger partial charge < -0.3 is 4.74 Å². The van der Waals surface area contributed by atoms with Crippen molar-refractivity contribution in [1.82, 2.24) is 5.43 Å². The summed E-state index contributed by atoms with van der Waals surface area (Å²) in [5, 5.41) is 15.3. The highest BCUT2D eigenvalue weighted by Gasteiger charge is 2.12. The molecular weight excluding hydrogens is 441 g/mol. The number of hydrogen-bond donors (Lipinski definition) is 1.